The van der Waals surface area contributed by atoms with Gasteiger partial charge in [0.15, 0.2) is 0 Å². The molecule has 1 aromatic carbocycles. The van der Waals surface area contributed by atoms with Gasteiger partial charge in [0.05, 0.1) is 23.2 Å². The lowest BCUT2D eigenvalue weighted by Gasteiger charge is -2.46. The van der Waals surface area contributed by atoms with E-state index in [1.807, 2.05) is 0 Å². The van der Waals surface area contributed by atoms with Crippen molar-refractivity contribution in [1.29, 1.82) is 0 Å². The fraction of sp³-hybridized carbons (Fsp3) is 0.500. The van der Waals surface area contributed by atoms with E-state index in [0.29, 0.717) is 11.0 Å². The third-order valence-electron chi connectivity index (χ3n) is 5.06. The summed E-state index contributed by atoms with van der Waals surface area (Å²) in [5.41, 5.74) is -6.18. The lowest BCUT2D eigenvalue weighted by atomic mass is 9.92. The highest BCUT2D eigenvalue weighted by Gasteiger charge is 2.66. The third-order valence-corrected chi connectivity index (χ3v) is 5.06. The van der Waals surface area contributed by atoms with Crippen LogP contribution in [0.3, 0.4) is 0 Å². The number of rotatable bonds is 7. The first kappa shape index (κ1) is 25.3. The van der Waals surface area contributed by atoms with Crippen LogP contribution in [0.25, 0.3) is 0 Å². The number of nitro groups is 1. The summed E-state index contributed by atoms with van der Waals surface area (Å²) in [6.45, 7) is 1.52. The minimum Gasteiger partial charge on any atom is -0.465 e. The highest BCUT2D eigenvalue weighted by molar-refractivity contribution is 5.95. The number of likely N-dealkylation sites (N-methyl/N-ethyl adjacent to an activating group) is 1. The van der Waals surface area contributed by atoms with Crippen molar-refractivity contribution in [2.75, 3.05) is 27.3 Å². The molecule has 1 heterocycles. The highest BCUT2D eigenvalue weighted by Crippen LogP contribution is 2.44. The Kier molecular flexibility index (Phi) is 7.30. The number of methoxy groups -OCH3 is 1. The zero-order valence-electron chi connectivity index (χ0n) is 17.9. The SMILES string of the molecule is CCCOC1(C(F)(F)F)C=C(C)C(OC(=O)c2cccc(C(=O)OC)c2)([N+](=O)[O-])CN1C. The average Bonchev–Trinajstić information content (AvgIpc) is 2.73. The molecule has 0 N–H and O–H groups in total. The van der Waals surface area contributed by atoms with E-state index in [9.17, 15) is 32.9 Å². The molecule has 9 nitrogen and oxygen atoms in total. The van der Waals surface area contributed by atoms with Crippen molar-refractivity contribution in [3.8, 4) is 0 Å². The number of hydrogen-bond donors (Lipinski definition) is 0. The van der Waals surface area contributed by atoms with Crippen molar-refractivity contribution in [1.82, 2.24) is 4.90 Å². The number of carbonyl (C=O) groups excluding carboxylic acids is 2. The van der Waals surface area contributed by atoms with Crippen LogP contribution in [0, 0.1) is 10.1 Å². The summed E-state index contributed by atoms with van der Waals surface area (Å²) >= 11 is 0. The molecule has 0 fully saturated rings. The van der Waals surface area contributed by atoms with Gasteiger partial charge in [-0.1, -0.05) is 13.0 Å². The summed E-state index contributed by atoms with van der Waals surface area (Å²) in [6.07, 6.45) is -4.07. The Balaban J connectivity index is 2.50. The summed E-state index contributed by atoms with van der Waals surface area (Å²) < 4.78 is 56.7. The quantitative estimate of drug-likeness (QED) is 0.201. The number of alkyl halides is 3. The first-order valence-electron chi connectivity index (χ1n) is 9.52. The van der Waals surface area contributed by atoms with Crippen molar-refractivity contribution < 1.29 is 41.9 Å². The number of halogens is 3. The first-order chi connectivity index (χ1) is 14.8. The second-order valence-electron chi connectivity index (χ2n) is 7.23. The fourth-order valence-electron chi connectivity index (χ4n) is 3.32. The van der Waals surface area contributed by atoms with Gasteiger partial charge in [-0.15, -0.1) is 0 Å². The van der Waals surface area contributed by atoms with Gasteiger partial charge in [0.1, 0.15) is 6.54 Å². The zero-order valence-corrected chi connectivity index (χ0v) is 17.9. The predicted octanol–water partition coefficient (Wildman–Crippen LogP) is 3.18. The van der Waals surface area contributed by atoms with Crippen LogP contribution >= 0.6 is 0 Å². The Labute approximate surface area is 181 Å². The second kappa shape index (κ2) is 9.25. The number of benzene rings is 1. The topological polar surface area (TPSA) is 108 Å². The van der Waals surface area contributed by atoms with Gasteiger partial charge in [0.2, 0.25) is 5.72 Å². The molecule has 32 heavy (non-hydrogen) atoms. The summed E-state index contributed by atoms with van der Waals surface area (Å²) in [7, 11) is 2.13. The fourth-order valence-corrected chi connectivity index (χ4v) is 3.32. The average molecular weight is 460 g/mol. The second-order valence-corrected chi connectivity index (χ2v) is 7.23. The van der Waals surface area contributed by atoms with E-state index >= 15 is 0 Å². The summed E-state index contributed by atoms with van der Waals surface area (Å²) in [6, 6.07) is 5.05. The molecular weight excluding hydrogens is 437 g/mol. The molecule has 0 spiro atoms. The number of hydrogen-bond acceptors (Lipinski definition) is 8. The Morgan fingerprint density at radius 3 is 2.34 bits per heavy atom. The summed E-state index contributed by atoms with van der Waals surface area (Å²) in [5, 5.41) is 12.0. The van der Waals surface area contributed by atoms with Crippen LogP contribution in [0.5, 0.6) is 0 Å². The van der Waals surface area contributed by atoms with Gasteiger partial charge in [-0.25, -0.2) is 9.59 Å². The molecule has 0 bridgehead atoms. The molecule has 0 saturated heterocycles. The Bertz CT molecular complexity index is 934. The Morgan fingerprint density at radius 2 is 1.84 bits per heavy atom. The van der Waals surface area contributed by atoms with Gasteiger partial charge < -0.3 is 14.2 Å². The summed E-state index contributed by atoms with van der Waals surface area (Å²) in [4.78, 5) is 36.0. The van der Waals surface area contributed by atoms with Gasteiger partial charge in [0, 0.05) is 12.2 Å². The molecule has 0 radical (unpaired) electrons. The van der Waals surface area contributed by atoms with Gasteiger partial charge in [0.25, 0.3) is 0 Å². The normalized spacial score (nSPS) is 23.9. The lowest BCUT2D eigenvalue weighted by Crippen LogP contribution is -2.67. The molecule has 1 aliphatic heterocycles. The van der Waals surface area contributed by atoms with E-state index in [4.69, 9.17) is 9.47 Å². The largest absolute Gasteiger partial charge is 0.465 e. The van der Waals surface area contributed by atoms with Crippen LogP contribution in [-0.2, 0) is 14.2 Å². The molecular formula is C20H23F3N2O7. The molecule has 2 unspecified atom stereocenters. The van der Waals surface area contributed by atoms with Gasteiger partial charge in [-0.05, 0) is 44.7 Å². The Morgan fingerprint density at radius 1 is 1.25 bits per heavy atom. The van der Waals surface area contributed by atoms with Crippen LogP contribution in [-0.4, -0.2) is 66.7 Å². The monoisotopic (exact) mass is 460 g/mol. The lowest BCUT2D eigenvalue weighted by molar-refractivity contribution is -0.611. The Hall–Kier alpha value is -2.99. The maximum atomic E-state index is 13.9. The predicted molar refractivity (Wildman–Crippen MR) is 104 cm³/mol. The van der Waals surface area contributed by atoms with Crippen molar-refractivity contribution in [3.63, 3.8) is 0 Å². The molecule has 0 aromatic heterocycles. The molecule has 2 rings (SSSR count). The van der Waals surface area contributed by atoms with Crippen molar-refractivity contribution in [2.45, 2.75) is 37.9 Å². The van der Waals surface area contributed by atoms with Crippen LogP contribution in [0.1, 0.15) is 41.0 Å². The molecule has 0 aliphatic carbocycles. The van der Waals surface area contributed by atoms with Crippen molar-refractivity contribution in [2.24, 2.45) is 0 Å². The molecule has 0 amide bonds. The van der Waals surface area contributed by atoms with E-state index < -0.39 is 46.6 Å². The summed E-state index contributed by atoms with van der Waals surface area (Å²) in [5.74, 6) is -1.94. The maximum absolute atomic E-state index is 13.9. The van der Waals surface area contributed by atoms with E-state index in [-0.39, 0.29) is 24.2 Å². The third kappa shape index (κ3) is 4.46. The minimum absolute atomic E-state index is 0.00539. The van der Waals surface area contributed by atoms with E-state index in [1.54, 1.807) is 6.92 Å². The molecule has 0 saturated carbocycles. The molecule has 12 heteroatoms. The smallest absolute Gasteiger partial charge is 0.435 e. The molecule has 1 aromatic rings. The van der Waals surface area contributed by atoms with Gasteiger partial charge in [-0.3, -0.25) is 15.0 Å². The zero-order chi connectivity index (χ0) is 24.3. The number of nitrogens with zero attached hydrogens (tertiary/aromatic N) is 2. The molecule has 1 aliphatic rings. The van der Waals surface area contributed by atoms with E-state index in [2.05, 4.69) is 4.74 Å². The van der Waals surface area contributed by atoms with Gasteiger partial charge >= 0.3 is 23.8 Å². The number of carbonyl (C=O) groups is 2. The van der Waals surface area contributed by atoms with Crippen LogP contribution in [0.4, 0.5) is 13.2 Å². The van der Waals surface area contributed by atoms with E-state index in [0.717, 1.165) is 27.1 Å². The molecule has 2 atom stereocenters. The maximum Gasteiger partial charge on any atom is 0.435 e. The van der Waals surface area contributed by atoms with Crippen molar-refractivity contribution in [3.05, 3.63) is 57.2 Å². The number of esters is 2. The van der Waals surface area contributed by atoms with Crippen LogP contribution in [0.2, 0.25) is 0 Å². The van der Waals surface area contributed by atoms with Crippen LogP contribution < -0.4 is 0 Å². The molecule has 176 valence electrons. The minimum atomic E-state index is -4.92. The first-order valence-corrected chi connectivity index (χ1v) is 9.52. The van der Waals surface area contributed by atoms with Gasteiger partial charge in [-0.2, -0.15) is 13.2 Å². The highest BCUT2D eigenvalue weighted by atomic mass is 19.4. The van der Waals surface area contributed by atoms with E-state index in [1.165, 1.54) is 18.2 Å². The standard InChI is InChI=1S/C20H23F3N2O7/c1-5-9-31-19(20(21,22)23)11-13(2)18(25(28)29,12-24(19)3)32-17(27)15-8-6-7-14(10-15)16(26)30-4/h6-8,10-11H,5,9,12H2,1-4H3. The van der Waals surface area contributed by atoms with Crippen molar-refractivity contribution >= 4 is 11.9 Å². The number of ether oxygens (including phenoxy) is 3. The van der Waals surface area contributed by atoms with Crippen LogP contribution in [0.15, 0.2) is 35.9 Å².